The van der Waals surface area contributed by atoms with Crippen LogP contribution in [0, 0.1) is 31.6 Å². The van der Waals surface area contributed by atoms with E-state index in [-0.39, 0.29) is 16.9 Å². The maximum Gasteiger partial charge on any atom is 0.301 e. The molecule has 0 aromatic heterocycles. The molecular formula is C38H48N22O13. The van der Waals surface area contributed by atoms with Gasteiger partial charge in [0.05, 0.1) is 35.2 Å². The van der Waals surface area contributed by atoms with Crippen LogP contribution in [0.15, 0.2) is 80.6 Å². The van der Waals surface area contributed by atoms with Crippen LogP contribution in [0.2, 0.25) is 0 Å². The van der Waals surface area contributed by atoms with E-state index in [0.717, 1.165) is 6.07 Å². The third-order valence-corrected chi connectivity index (χ3v) is 9.28. The predicted octanol–water partition coefficient (Wildman–Crippen LogP) is -7.34. The van der Waals surface area contributed by atoms with Gasteiger partial charge in [0.25, 0.3) is 23.6 Å². The van der Waals surface area contributed by atoms with Crippen molar-refractivity contribution in [1.82, 2.24) is 26.6 Å². The average Bonchev–Trinajstić information content (AvgIpc) is 3.31. The SMILES string of the molecule is COc1ccc(O)c(CN(c2c([N+](=O)[O-])cc(C#N)cc2[N+](=O)[O-])C(CO)C(=O)NC(C(=O)NC(N=C(N)N)C(=O)NC(N=C(N)N)C(=O)NC(N=C(N)N)C(=O)NC(N=C(N)N)C(N)=O)c2ccccc2)c1. The first-order valence-corrected chi connectivity index (χ1v) is 20.1. The van der Waals surface area contributed by atoms with Gasteiger partial charge >= 0.3 is 11.4 Å². The molecule has 0 aliphatic heterocycles. The fourth-order valence-electron chi connectivity index (χ4n) is 6.18. The lowest BCUT2D eigenvalue weighted by Gasteiger charge is -2.32. The maximum absolute atomic E-state index is 14.5. The molecule has 0 aliphatic rings. The third-order valence-electron chi connectivity index (χ3n) is 9.28. The molecule has 6 atom stereocenters. The Labute approximate surface area is 409 Å². The van der Waals surface area contributed by atoms with E-state index in [2.05, 4.69) is 30.6 Å². The van der Waals surface area contributed by atoms with Crippen molar-refractivity contribution in [2.75, 3.05) is 18.6 Å². The molecule has 0 aliphatic carbocycles. The molecule has 3 rings (SSSR count). The van der Waals surface area contributed by atoms with Gasteiger partial charge in [-0.15, -0.1) is 0 Å². The predicted molar refractivity (Wildman–Crippen MR) is 254 cm³/mol. The molecule has 0 heterocycles. The number of aliphatic imine (C=N–C) groups is 4. The Balaban J connectivity index is 2.13. The van der Waals surface area contributed by atoms with Crippen molar-refractivity contribution in [2.45, 2.75) is 43.3 Å². The number of rotatable bonds is 24. The highest BCUT2D eigenvalue weighted by Gasteiger charge is 2.40. The van der Waals surface area contributed by atoms with Crippen molar-refractivity contribution < 1.29 is 53.6 Å². The molecular weight excluding hydrogens is 973 g/mol. The van der Waals surface area contributed by atoms with E-state index in [1.807, 2.05) is 16.0 Å². The van der Waals surface area contributed by atoms with Crippen LogP contribution in [-0.4, -0.2) is 124 Å². The van der Waals surface area contributed by atoms with Gasteiger partial charge in [-0.3, -0.25) is 49.0 Å². The van der Waals surface area contributed by atoms with Crippen LogP contribution in [0.4, 0.5) is 17.1 Å². The first-order valence-electron chi connectivity index (χ1n) is 20.1. The van der Waals surface area contributed by atoms with E-state index in [1.165, 1.54) is 49.6 Å². The smallest absolute Gasteiger partial charge is 0.301 e. The standard InChI is InChI=1S/C38H48N22O13/c1-73-18-7-8-22(62)17(11-18)13-58(24-19(59(69)70)9-15(12-39)10-20(24)60(71)72)21(14-61)30(64)49-23(16-5-3-2-4-6-16)31(65)51-27(55-36(43)44)33(67)53-29(57-38(47)48)34(68)52-28(56-37(45)46)32(66)50-26(25(40)63)54-35(41)42/h2-11,21,23,26-29,61-62H,13-14H2,1H3,(H2,40,63)(H,49,64)(H,50,66)(H,51,65)(H,52,68)(H,53,67)(H4,41,42,54)(H4,43,44,55)(H4,45,46,56)(H4,47,48,57). The summed E-state index contributed by atoms with van der Waals surface area (Å²) in [6.45, 7) is -2.13. The molecule has 0 radical (unpaired) electrons. The zero-order chi connectivity index (χ0) is 54.9. The second-order valence-electron chi connectivity index (χ2n) is 14.4. The molecule has 0 saturated carbocycles. The van der Waals surface area contributed by atoms with Crippen LogP contribution in [0.3, 0.4) is 0 Å². The molecule has 0 bridgehead atoms. The van der Waals surface area contributed by atoms with Crippen LogP contribution >= 0.6 is 0 Å². The second-order valence-corrected chi connectivity index (χ2v) is 14.4. The number of carbonyl (C=O) groups excluding carboxylic acids is 6. The van der Waals surface area contributed by atoms with E-state index < -0.39 is 147 Å². The number of primary amides is 1. The Kier molecular flexibility index (Phi) is 19.8. The summed E-state index contributed by atoms with van der Waals surface area (Å²) in [5.74, 6) is -12.0. The average molecular weight is 1020 g/mol. The zero-order valence-corrected chi connectivity index (χ0v) is 37.8. The summed E-state index contributed by atoms with van der Waals surface area (Å²) in [6, 6.07) is 9.36. The van der Waals surface area contributed by atoms with Crippen molar-refractivity contribution in [1.29, 1.82) is 5.26 Å². The first-order chi connectivity index (χ1) is 34.3. The van der Waals surface area contributed by atoms with Gasteiger partial charge in [-0.2, -0.15) is 5.26 Å². The minimum atomic E-state index is -2.28. The van der Waals surface area contributed by atoms with E-state index >= 15 is 0 Å². The van der Waals surface area contributed by atoms with Crippen molar-refractivity contribution in [3.05, 3.63) is 97.6 Å². The molecule has 35 heteroatoms. The molecule has 35 nitrogen and oxygen atoms in total. The Morgan fingerprint density at radius 3 is 1.51 bits per heavy atom. The molecule has 25 N–H and O–H groups in total. The van der Waals surface area contributed by atoms with E-state index in [9.17, 15) is 64.5 Å². The summed E-state index contributed by atoms with van der Waals surface area (Å²) in [7, 11) is 1.25. The van der Waals surface area contributed by atoms with E-state index in [4.69, 9.17) is 56.3 Å². The van der Waals surface area contributed by atoms with Crippen molar-refractivity contribution in [3.8, 4) is 17.6 Å². The van der Waals surface area contributed by atoms with Gasteiger partial charge in [0.1, 0.15) is 23.6 Å². The van der Waals surface area contributed by atoms with Gasteiger partial charge in [-0.1, -0.05) is 30.3 Å². The third kappa shape index (κ3) is 15.9. The number of guanidine groups is 4. The van der Waals surface area contributed by atoms with E-state index in [1.54, 1.807) is 6.07 Å². The number of hydrogen-bond acceptors (Lipinski definition) is 19. The largest absolute Gasteiger partial charge is 0.508 e. The molecule has 6 amide bonds. The van der Waals surface area contributed by atoms with Gasteiger partial charge in [-0.25, -0.2) is 20.0 Å². The normalized spacial score (nSPS) is 12.8. The lowest BCUT2D eigenvalue weighted by Crippen LogP contribution is -2.58. The summed E-state index contributed by atoms with van der Waals surface area (Å²) in [5.41, 5.74) is 44.8. The highest BCUT2D eigenvalue weighted by Crippen LogP contribution is 2.41. The number of benzene rings is 3. The van der Waals surface area contributed by atoms with E-state index in [0.29, 0.717) is 17.0 Å². The number of carbonyl (C=O) groups is 6. The number of hydrogen-bond donors (Lipinski definition) is 16. The first kappa shape index (κ1) is 56.5. The van der Waals surface area contributed by atoms with Gasteiger partial charge in [0.15, 0.2) is 29.5 Å². The molecule has 0 saturated heterocycles. The Hall–Kier alpha value is -10.8. The number of nitrogens with one attached hydrogen (secondary N) is 5. The van der Waals surface area contributed by atoms with Crippen LogP contribution in [0.5, 0.6) is 11.5 Å². The summed E-state index contributed by atoms with van der Waals surface area (Å²) in [4.78, 5) is 119. The number of aromatic hydroxyl groups is 1. The highest BCUT2D eigenvalue weighted by molar-refractivity contribution is 5.99. The maximum atomic E-state index is 14.5. The summed E-state index contributed by atoms with van der Waals surface area (Å²) < 4.78 is 5.20. The van der Waals surface area contributed by atoms with Crippen molar-refractivity contribution >= 4 is 76.3 Å². The Morgan fingerprint density at radius 1 is 0.671 bits per heavy atom. The van der Waals surface area contributed by atoms with Crippen LogP contribution in [-0.2, 0) is 35.3 Å². The Bertz CT molecular complexity index is 2730. The number of nitro groups is 2. The van der Waals surface area contributed by atoms with Gasteiger partial charge in [0.2, 0.25) is 36.5 Å². The number of nitro benzene ring substituents is 2. The molecule has 0 spiro atoms. The molecule has 388 valence electrons. The number of aliphatic hydroxyl groups is 1. The number of phenolic OH excluding ortho intramolecular Hbond substituents is 1. The summed E-state index contributed by atoms with van der Waals surface area (Å²) in [6.07, 6.45) is -8.61. The van der Waals surface area contributed by atoms with Gasteiger partial charge in [-0.05, 0) is 23.8 Å². The van der Waals surface area contributed by atoms with Crippen LogP contribution in [0.25, 0.3) is 0 Å². The quantitative estimate of drug-likeness (QED) is 0.0172. The lowest BCUT2D eigenvalue weighted by atomic mass is 10.0. The molecule has 3 aromatic rings. The fourth-order valence-corrected chi connectivity index (χ4v) is 6.18. The van der Waals surface area contributed by atoms with Crippen molar-refractivity contribution in [3.63, 3.8) is 0 Å². The molecule has 73 heavy (non-hydrogen) atoms. The molecule has 0 fully saturated rings. The topological polar surface area (TPSA) is 609 Å². The number of nitrogens with two attached hydrogens (primary N) is 9. The van der Waals surface area contributed by atoms with Crippen molar-refractivity contribution in [2.24, 2.45) is 71.6 Å². The zero-order valence-electron chi connectivity index (χ0n) is 37.8. The number of aliphatic hydroxyl groups excluding tert-OH is 1. The summed E-state index contributed by atoms with van der Waals surface area (Å²) in [5, 5.41) is 66.7. The van der Waals surface area contributed by atoms with Gasteiger partial charge in [0, 0.05) is 24.2 Å². The number of methoxy groups -OCH3 is 1. The fraction of sp³-hybridized carbons (Fsp3) is 0.237. The Morgan fingerprint density at radius 2 is 1.11 bits per heavy atom. The monoisotopic (exact) mass is 1020 g/mol. The van der Waals surface area contributed by atoms with Gasteiger partial charge < -0.3 is 98.0 Å². The summed E-state index contributed by atoms with van der Waals surface area (Å²) >= 11 is 0. The number of nitrogens with zero attached hydrogens (tertiary/aromatic N) is 8. The number of anilines is 1. The van der Waals surface area contributed by atoms with Crippen LogP contribution < -0.4 is 87.8 Å². The van der Waals surface area contributed by atoms with Crippen LogP contribution in [0.1, 0.15) is 22.7 Å². The highest BCUT2D eigenvalue weighted by atomic mass is 16.6. The number of phenols is 1. The minimum absolute atomic E-state index is 0.0681. The minimum Gasteiger partial charge on any atom is -0.508 e. The number of ether oxygens (including phenoxy) is 1. The molecule has 3 aromatic carbocycles. The lowest BCUT2D eigenvalue weighted by molar-refractivity contribution is -0.392. The molecule has 6 unspecified atom stereocenters. The second kappa shape index (κ2) is 25.5. The number of nitriles is 1. The number of amides is 6.